The van der Waals surface area contributed by atoms with Crippen molar-refractivity contribution in [3.63, 3.8) is 0 Å². The van der Waals surface area contributed by atoms with Gasteiger partial charge < -0.3 is 24.6 Å². The normalized spacial score (nSPS) is 15.2. The van der Waals surface area contributed by atoms with Gasteiger partial charge in [-0.3, -0.25) is 0 Å². The summed E-state index contributed by atoms with van der Waals surface area (Å²) in [6.45, 7) is 5.50. The molecular weight excluding hydrogens is 442 g/mol. The molecule has 0 bridgehead atoms. The predicted octanol–water partition coefficient (Wildman–Crippen LogP) is 4.39. The van der Waals surface area contributed by atoms with Crippen LogP contribution in [-0.4, -0.2) is 60.1 Å². The highest BCUT2D eigenvalue weighted by atomic mass is 16.5. The van der Waals surface area contributed by atoms with Gasteiger partial charge in [-0.15, -0.1) is 0 Å². The van der Waals surface area contributed by atoms with Crippen LogP contribution in [0.15, 0.2) is 34.9 Å². The van der Waals surface area contributed by atoms with Crippen LogP contribution in [0.5, 0.6) is 5.75 Å². The van der Waals surface area contributed by atoms with E-state index in [4.69, 9.17) is 19.2 Å². The zero-order valence-corrected chi connectivity index (χ0v) is 21.3. The first-order valence-corrected chi connectivity index (χ1v) is 12.5. The number of benzene rings is 1. The van der Waals surface area contributed by atoms with Crippen molar-refractivity contribution in [1.82, 2.24) is 20.4 Å². The minimum atomic E-state index is -0.581. The number of hydrogen-bond acceptors (Lipinski definition) is 8. The Balaban J connectivity index is 1.66. The largest absolute Gasteiger partial charge is 0.491 e. The first-order chi connectivity index (χ1) is 16.9. The first-order valence-electron chi connectivity index (χ1n) is 12.5. The fraction of sp³-hybridized carbons (Fsp3) is 0.519. The molecule has 0 amide bonds. The van der Waals surface area contributed by atoms with Crippen molar-refractivity contribution in [3.8, 4) is 28.4 Å². The highest BCUT2D eigenvalue weighted by Gasteiger charge is 2.20. The van der Waals surface area contributed by atoms with Crippen LogP contribution in [0.1, 0.15) is 43.6 Å². The molecule has 1 atom stereocenters. The lowest BCUT2D eigenvalue weighted by molar-refractivity contribution is 0.108. The first kappa shape index (κ1) is 25.1. The van der Waals surface area contributed by atoms with Gasteiger partial charge in [-0.25, -0.2) is 9.97 Å². The van der Waals surface area contributed by atoms with Crippen molar-refractivity contribution >= 4 is 5.82 Å². The molecule has 35 heavy (non-hydrogen) atoms. The van der Waals surface area contributed by atoms with Crippen LogP contribution in [0, 0.1) is 19.8 Å². The van der Waals surface area contributed by atoms with E-state index in [0.717, 1.165) is 40.6 Å². The summed E-state index contributed by atoms with van der Waals surface area (Å²) in [7, 11) is 3.91. The molecule has 1 fully saturated rings. The zero-order valence-electron chi connectivity index (χ0n) is 21.3. The SMILES string of the molecule is CNCC(O)COc1cccc(-c2nc(-c3c(C)noc3C)cc(N(C)CC3CCCCC3)n2)c1. The summed E-state index contributed by atoms with van der Waals surface area (Å²) in [5, 5.41) is 17.1. The minimum absolute atomic E-state index is 0.208. The molecule has 0 saturated heterocycles. The second kappa shape index (κ2) is 11.6. The van der Waals surface area contributed by atoms with Gasteiger partial charge in [0.15, 0.2) is 5.82 Å². The molecule has 1 aromatic carbocycles. The van der Waals surface area contributed by atoms with Crippen LogP contribution >= 0.6 is 0 Å². The molecule has 0 spiro atoms. The van der Waals surface area contributed by atoms with E-state index < -0.39 is 6.10 Å². The van der Waals surface area contributed by atoms with Crippen LogP contribution < -0.4 is 15.0 Å². The number of nitrogens with one attached hydrogen (secondary N) is 1. The Morgan fingerprint density at radius 1 is 1.17 bits per heavy atom. The number of hydrogen-bond donors (Lipinski definition) is 2. The van der Waals surface area contributed by atoms with Gasteiger partial charge in [-0.05, 0) is 51.8 Å². The molecule has 2 N–H and O–H groups in total. The third-order valence-corrected chi connectivity index (χ3v) is 6.62. The molecule has 2 heterocycles. The molecule has 1 unspecified atom stereocenters. The molecule has 0 radical (unpaired) electrons. The van der Waals surface area contributed by atoms with E-state index in [9.17, 15) is 5.11 Å². The van der Waals surface area contributed by atoms with Crippen molar-refractivity contribution in [1.29, 1.82) is 0 Å². The van der Waals surface area contributed by atoms with Gasteiger partial charge in [0.1, 0.15) is 30.0 Å². The zero-order chi connectivity index (χ0) is 24.8. The Kier molecular flexibility index (Phi) is 8.36. The maximum absolute atomic E-state index is 9.99. The fourth-order valence-electron chi connectivity index (χ4n) is 4.80. The van der Waals surface area contributed by atoms with Gasteiger partial charge in [0, 0.05) is 31.8 Å². The summed E-state index contributed by atoms with van der Waals surface area (Å²) >= 11 is 0. The van der Waals surface area contributed by atoms with Crippen LogP contribution in [0.4, 0.5) is 5.82 Å². The molecule has 1 aliphatic rings. The summed E-state index contributed by atoms with van der Waals surface area (Å²) in [5.41, 5.74) is 3.37. The highest BCUT2D eigenvalue weighted by molar-refractivity contribution is 5.70. The number of ether oxygens (including phenoxy) is 1. The third-order valence-electron chi connectivity index (χ3n) is 6.62. The molecule has 188 valence electrons. The summed E-state index contributed by atoms with van der Waals surface area (Å²) in [4.78, 5) is 12.1. The summed E-state index contributed by atoms with van der Waals surface area (Å²) in [5.74, 6) is 3.60. The van der Waals surface area contributed by atoms with Gasteiger partial charge >= 0.3 is 0 Å². The number of rotatable bonds is 10. The molecular formula is C27H37N5O3. The standard InChI is InChI=1S/C27H37N5O3/c1-18-26(19(2)35-31-18)24-14-25(32(4)16-20-9-6-5-7-10-20)30-27(29-24)21-11-8-12-23(13-21)34-17-22(33)15-28-3/h8,11-14,20,22,28,33H,5-7,9-10,15-17H2,1-4H3. The second-order valence-electron chi connectivity index (χ2n) is 9.57. The van der Waals surface area contributed by atoms with Crippen LogP contribution in [0.2, 0.25) is 0 Å². The minimum Gasteiger partial charge on any atom is -0.491 e. The summed E-state index contributed by atoms with van der Waals surface area (Å²) in [6.07, 6.45) is 5.94. The Bertz CT molecular complexity index is 1090. The van der Waals surface area contributed by atoms with Gasteiger partial charge in [0.2, 0.25) is 0 Å². The van der Waals surface area contributed by atoms with E-state index in [-0.39, 0.29) is 6.61 Å². The van der Waals surface area contributed by atoms with E-state index in [1.807, 2.05) is 44.2 Å². The molecule has 1 aliphatic carbocycles. The van der Waals surface area contributed by atoms with Crippen LogP contribution in [0.25, 0.3) is 22.6 Å². The number of anilines is 1. The lowest BCUT2D eigenvalue weighted by Crippen LogP contribution is -2.29. The molecule has 4 rings (SSSR count). The van der Waals surface area contributed by atoms with E-state index in [1.165, 1.54) is 32.1 Å². The van der Waals surface area contributed by atoms with Crippen molar-refractivity contribution < 1.29 is 14.4 Å². The van der Waals surface area contributed by atoms with Crippen molar-refractivity contribution in [2.75, 3.05) is 38.7 Å². The Labute approximate surface area is 207 Å². The number of aliphatic hydroxyl groups excluding tert-OH is 1. The predicted molar refractivity (Wildman–Crippen MR) is 138 cm³/mol. The van der Waals surface area contributed by atoms with Crippen molar-refractivity contribution in [2.24, 2.45) is 5.92 Å². The van der Waals surface area contributed by atoms with Gasteiger partial charge in [-0.1, -0.05) is 36.6 Å². The van der Waals surface area contributed by atoms with E-state index in [2.05, 4.69) is 22.4 Å². The van der Waals surface area contributed by atoms with E-state index in [1.54, 1.807) is 7.05 Å². The van der Waals surface area contributed by atoms with Crippen molar-refractivity contribution in [2.45, 2.75) is 52.1 Å². The Hall–Kier alpha value is -2.97. The monoisotopic (exact) mass is 479 g/mol. The quantitative estimate of drug-likeness (QED) is 0.442. The molecule has 8 nitrogen and oxygen atoms in total. The molecule has 1 saturated carbocycles. The molecule has 0 aliphatic heterocycles. The third kappa shape index (κ3) is 6.38. The maximum atomic E-state index is 9.99. The number of aliphatic hydroxyl groups is 1. The Morgan fingerprint density at radius 2 is 1.97 bits per heavy atom. The lowest BCUT2D eigenvalue weighted by atomic mass is 9.89. The average Bonchev–Trinajstić information content (AvgIpc) is 3.21. The number of likely N-dealkylation sites (N-methyl/N-ethyl adjacent to an activating group) is 1. The smallest absolute Gasteiger partial charge is 0.162 e. The van der Waals surface area contributed by atoms with Crippen LogP contribution in [-0.2, 0) is 0 Å². The second-order valence-corrected chi connectivity index (χ2v) is 9.57. The fourth-order valence-corrected chi connectivity index (χ4v) is 4.80. The summed E-state index contributed by atoms with van der Waals surface area (Å²) in [6, 6.07) is 9.74. The Morgan fingerprint density at radius 3 is 2.69 bits per heavy atom. The number of aryl methyl sites for hydroxylation is 2. The average molecular weight is 480 g/mol. The molecule has 2 aromatic heterocycles. The molecule has 3 aromatic rings. The van der Waals surface area contributed by atoms with Gasteiger partial charge in [-0.2, -0.15) is 0 Å². The van der Waals surface area contributed by atoms with Gasteiger partial charge in [0.05, 0.1) is 17.0 Å². The van der Waals surface area contributed by atoms with E-state index in [0.29, 0.717) is 24.0 Å². The van der Waals surface area contributed by atoms with Crippen LogP contribution in [0.3, 0.4) is 0 Å². The highest BCUT2D eigenvalue weighted by Crippen LogP contribution is 2.32. The number of aromatic nitrogens is 3. The lowest BCUT2D eigenvalue weighted by Gasteiger charge is -2.28. The van der Waals surface area contributed by atoms with E-state index >= 15 is 0 Å². The number of nitrogens with zero attached hydrogens (tertiary/aromatic N) is 4. The molecule has 8 heteroatoms. The summed E-state index contributed by atoms with van der Waals surface area (Å²) < 4.78 is 11.3. The van der Waals surface area contributed by atoms with Gasteiger partial charge in [0.25, 0.3) is 0 Å². The van der Waals surface area contributed by atoms with Crippen molar-refractivity contribution in [3.05, 3.63) is 41.8 Å². The maximum Gasteiger partial charge on any atom is 0.162 e. The topological polar surface area (TPSA) is 96.5 Å².